The molecule has 2 aromatic rings. The Hall–Kier alpha value is -3.24. The van der Waals surface area contributed by atoms with Gasteiger partial charge in [-0.2, -0.15) is 10.2 Å². The standard InChI is InChI=1S/C22H24N2O5/c1-4-29-19(14-24-26)11-16(13-23)21-12-18(28-3)9-10-20(21)22(25)15-5-7-17(27-2)8-6-15/h5-10,12,16,19H,4,11,14H2,1-3H3. The summed E-state index contributed by atoms with van der Waals surface area (Å²) in [5.41, 5.74) is 1.41. The first-order chi connectivity index (χ1) is 14.1. The molecule has 0 fully saturated rings. The maximum atomic E-state index is 13.1. The van der Waals surface area contributed by atoms with Crippen molar-refractivity contribution in [2.75, 3.05) is 27.4 Å². The lowest BCUT2D eigenvalue weighted by atomic mass is 9.87. The van der Waals surface area contributed by atoms with Crippen molar-refractivity contribution in [2.24, 2.45) is 5.18 Å². The molecule has 0 amide bonds. The summed E-state index contributed by atoms with van der Waals surface area (Å²) in [6.45, 7) is 2.15. The molecule has 0 aliphatic rings. The average molecular weight is 396 g/mol. The molecule has 7 nitrogen and oxygen atoms in total. The zero-order chi connectivity index (χ0) is 21.2. The minimum atomic E-state index is -0.666. The number of hydrogen-bond donors (Lipinski definition) is 0. The highest BCUT2D eigenvalue weighted by Crippen LogP contribution is 2.30. The molecule has 0 heterocycles. The molecule has 0 aliphatic carbocycles. The number of methoxy groups -OCH3 is 2. The Labute approximate surface area is 170 Å². The number of hydrogen-bond acceptors (Lipinski definition) is 7. The molecule has 2 aromatic carbocycles. The zero-order valence-corrected chi connectivity index (χ0v) is 16.8. The fourth-order valence-corrected chi connectivity index (χ4v) is 3.09. The summed E-state index contributed by atoms with van der Waals surface area (Å²) in [6.07, 6.45) is -0.260. The zero-order valence-electron chi connectivity index (χ0n) is 16.8. The SMILES string of the molecule is CCOC(CN=O)CC(C#N)c1cc(OC)ccc1C(=O)c1ccc(OC)cc1. The molecule has 0 N–H and O–H groups in total. The van der Waals surface area contributed by atoms with E-state index in [0.717, 1.165) is 0 Å². The second-order valence-corrected chi connectivity index (χ2v) is 6.32. The largest absolute Gasteiger partial charge is 0.497 e. The van der Waals surface area contributed by atoms with Crippen LogP contribution in [0.3, 0.4) is 0 Å². The van der Waals surface area contributed by atoms with E-state index in [1.165, 1.54) is 7.11 Å². The topological polar surface area (TPSA) is 98.0 Å². The summed E-state index contributed by atoms with van der Waals surface area (Å²) in [5.74, 6) is 0.299. The lowest BCUT2D eigenvalue weighted by molar-refractivity contribution is 0.0610. The predicted octanol–water partition coefficient (Wildman–Crippen LogP) is 4.10. The molecule has 152 valence electrons. The van der Waals surface area contributed by atoms with Gasteiger partial charge in [0, 0.05) is 17.7 Å². The first kappa shape index (κ1) is 22.1. The number of ketones is 1. The maximum Gasteiger partial charge on any atom is 0.193 e. The summed E-state index contributed by atoms with van der Waals surface area (Å²) in [5, 5.41) is 12.7. The van der Waals surface area contributed by atoms with Gasteiger partial charge in [0.05, 0.1) is 32.3 Å². The minimum Gasteiger partial charge on any atom is -0.497 e. The van der Waals surface area contributed by atoms with E-state index in [9.17, 15) is 15.0 Å². The summed E-state index contributed by atoms with van der Waals surface area (Å²) in [4.78, 5) is 23.8. The van der Waals surface area contributed by atoms with Crippen molar-refractivity contribution in [3.05, 3.63) is 64.1 Å². The van der Waals surface area contributed by atoms with Gasteiger partial charge in [-0.05, 0) is 61.4 Å². The van der Waals surface area contributed by atoms with Crippen molar-refractivity contribution in [1.82, 2.24) is 0 Å². The van der Waals surface area contributed by atoms with E-state index in [1.54, 1.807) is 49.6 Å². The molecular formula is C22H24N2O5. The Kier molecular flexibility index (Phi) is 8.31. The van der Waals surface area contributed by atoms with Crippen LogP contribution in [0.25, 0.3) is 0 Å². The molecular weight excluding hydrogens is 372 g/mol. The van der Waals surface area contributed by atoms with Gasteiger partial charge in [-0.3, -0.25) is 4.79 Å². The van der Waals surface area contributed by atoms with Crippen molar-refractivity contribution in [3.8, 4) is 17.6 Å². The molecule has 0 aromatic heterocycles. The second kappa shape index (κ2) is 10.9. The minimum absolute atomic E-state index is 0.0578. The fourth-order valence-electron chi connectivity index (χ4n) is 3.09. The Balaban J connectivity index is 2.43. The van der Waals surface area contributed by atoms with Crippen LogP contribution >= 0.6 is 0 Å². The molecule has 0 radical (unpaired) electrons. The van der Waals surface area contributed by atoms with Crippen LogP contribution in [-0.2, 0) is 4.74 Å². The lowest BCUT2D eigenvalue weighted by Gasteiger charge is -2.20. The summed E-state index contributed by atoms with van der Waals surface area (Å²) >= 11 is 0. The summed E-state index contributed by atoms with van der Waals surface area (Å²) in [6, 6.07) is 14.0. The number of carbonyl (C=O) groups is 1. The molecule has 29 heavy (non-hydrogen) atoms. The van der Waals surface area contributed by atoms with Gasteiger partial charge in [-0.25, -0.2) is 0 Å². The van der Waals surface area contributed by atoms with E-state index in [2.05, 4.69) is 11.2 Å². The van der Waals surface area contributed by atoms with Gasteiger partial charge < -0.3 is 14.2 Å². The first-order valence-corrected chi connectivity index (χ1v) is 9.24. The highest BCUT2D eigenvalue weighted by Gasteiger charge is 2.25. The van der Waals surface area contributed by atoms with Crippen LogP contribution < -0.4 is 9.47 Å². The quantitative estimate of drug-likeness (QED) is 0.419. The van der Waals surface area contributed by atoms with Crippen LogP contribution in [0.1, 0.15) is 40.7 Å². The Morgan fingerprint density at radius 1 is 1.10 bits per heavy atom. The van der Waals surface area contributed by atoms with E-state index in [-0.39, 0.29) is 18.7 Å². The smallest absolute Gasteiger partial charge is 0.193 e. The van der Waals surface area contributed by atoms with Gasteiger partial charge in [0.25, 0.3) is 0 Å². The van der Waals surface area contributed by atoms with Gasteiger partial charge in [0.15, 0.2) is 5.78 Å². The van der Waals surface area contributed by atoms with Crippen LogP contribution in [0.2, 0.25) is 0 Å². The Morgan fingerprint density at radius 3 is 2.31 bits per heavy atom. The number of nitriles is 1. The van der Waals surface area contributed by atoms with Crippen molar-refractivity contribution < 1.29 is 19.0 Å². The maximum absolute atomic E-state index is 13.1. The first-order valence-electron chi connectivity index (χ1n) is 9.24. The average Bonchev–Trinajstić information content (AvgIpc) is 2.76. The van der Waals surface area contributed by atoms with Crippen molar-refractivity contribution >= 4 is 5.78 Å². The third-order valence-electron chi connectivity index (χ3n) is 4.57. The second-order valence-electron chi connectivity index (χ2n) is 6.32. The number of nitroso groups, excluding NO2 is 1. The number of nitrogens with zero attached hydrogens (tertiary/aromatic N) is 2. The van der Waals surface area contributed by atoms with Crippen molar-refractivity contribution in [1.29, 1.82) is 5.26 Å². The number of benzene rings is 2. The lowest BCUT2D eigenvalue weighted by Crippen LogP contribution is -2.21. The van der Waals surface area contributed by atoms with E-state index >= 15 is 0 Å². The van der Waals surface area contributed by atoms with Gasteiger partial charge in [0.1, 0.15) is 18.0 Å². The summed E-state index contributed by atoms with van der Waals surface area (Å²) < 4.78 is 15.9. The van der Waals surface area contributed by atoms with Gasteiger partial charge in [0.2, 0.25) is 0 Å². The van der Waals surface area contributed by atoms with Crippen LogP contribution in [0.5, 0.6) is 11.5 Å². The van der Waals surface area contributed by atoms with Crippen LogP contribution in [-0.4, -0.2) is 39.3 Å². The van der Waals surface area contributed by atoms with Gasteiger partial charge in [-0.1, -0.05) is 5.18 Å². The number of carbonyl (C=O) groups excluding carboxylic acids is 1. The normalized spacial score (nSPS) is 12.5. The molecule has 0 saturated heterocycles. The third kappa shape index (κ3) is 5.62. The molecule has 2 rings (SSSR count). The molecule has 0 bridgehead atoms. The van der Waals surface area contributed by atoms with Crippen LogP contribution in [0.4, 0.5) is 0 Å². The van der Waals surface area contributed by atoms with Gasteiger partial charge >= 0.3 is 0 Å². The number of rotatable bonds is 11. The van der Waals surface area contributed by atoms with E-state index < -0.39 is 12.0 Å². The van der Waals surface area contributed by atoms with Crippen LogP contribution in [0.15, 0.2) is 47.6 Å². The number of ether oxygens (including phenoxy) is 3. The monoisotopic (exact) mass is 396 g/mol. The molecule has 7 heteroatoms. The van der Waals surface area contributed by atoms with E-state index in [1.807, 2.05) is 6.92 Å². The third-order valence-corrected chi connectivity index (χ3v) is 4.57. The Morgan fingerprint density at radius 2 is 1.76 bits per heavy atom. The van der Waals surface area contributed by atoms with Gasteiger partial charge in [-0.15, -0.1) is 0 Å². The molecule has 2 atom stereocenters. The summed E-state index contributed by atoms with van der Waals surface area (Å²) in [7, 11) is 3.07. The molecule has 0 aliphatic heterocycles. The predicted molar refractivity (Wildman–Crippen MR) is 108 cm³/mol. The Bertz CT molecular complexity index is 874. The fraction of sp³-hybridized carbons (Fsp3) is 0.364. The highest BCUT2D eigenvalue weighted by atomic mass is 16.5. The van der Waals surface area contributed by atoms with E-state index in [4.69, 9.17) is 14.2 Å². The molecule has 0 spiro atoms. The van der Waals surface area contributed by atoms with Crippen molar-refractivity contribution in [2.45, 2.75) is 25.4 Å². The highest BCUT2D eigenvalue weighted by molar-refractivity contribution is 6.10. The van der Waals surface area contributed by atoms with Crippen molar-refractivity contribution in [3.63, 3.8) is 0 Å². The van der Waals surface area contributed by atoms with Crippen LogP contribution in [0, 0.1) is 16.2 Å². The molecule has 2 unspecified atom stereocenters. The van der Waals surface area contributed by atoms with E-state index in [0.29, 0.717) is 34.8 Å². The molecule has 0 saturated carbocycles.